The van der Waals surface area contributed by atoms with Crippen LogP contribution in [0.15, 0.2) is 170 Å². The summed E-state index contributed by atoms with van der Waals surface area (Å²) in [4.78, 5) is 5.12. The van der Waals surface area contributed by atoms with Gasteiger partial charge >= 0.3 is 0 Å². The summed E-state index contributed by atoms with van der Waals surface area (Å²) < 4.78 is 3.13. The van der Waals surface area contributed by atoms with Gasteiger partial charge in [-0.3, -0.25) is 4.57 Å². The molecule has 0 saturated heterocycles. The zero-order valence-corrected chi connectivity index (χ0v) is 32.5. The van der Waals surface area contributed by atoms with Gasteiger partial charge in [0.1, 0.15) is 5.82 Å². The van der Waals surface area contributed by atoms with Crippen molar-refractivity contribution >= 4 is 84.2 Å². The van der Waals surface area contributed by atoms with Crippen LogP contribution in [0.4, 0.5) is 0 Å². The number of hydrogen-bond donors (Lipinski definition) is 0. The van der Waals surface area contributed by atoms with Crippen molar-refractivity contribution < 1.29 is 0 Å². The molecule has 3 heteroatoms. The van der Waals surface area contributed by atoms with E-state index >= 15 is 0 Å². The molecular formula is C52H35IN2. The van der Waals surface area contributed by atoms with E-state index < -0.39 is 0 Å². The Bertz CT molecular complexity index is 3160. The third-order valence-corrected chi connectivity index (χ3v) is 11.7. The number of allylic oxidation sites excluding steroid dienone is 2. The summed E-state index contributed by atoms with van der Waals surface area (Å²) in [5.74, 6) is 0.933. The molecule has 0 spiro atoms. The van der Waals surface area contributed by atoms with Gasteiger partial charge < -0.3 is 0 Å². The molecule has 260 valence electrons. The summed E-state index contributed by atoms with van der Waals surface area (Å²) in [6.07, 6.45) is 4.69. The number of hydrogen-bond acceptors (Lipinski definition) is 1. The van der Waals surface area contributed by atoms with Gasteiger partial charge in [-0.1, -0.05) is 162 Å². The van der Waals surface area contributed by atoms with Crippen LogP contribution in [0, 0.1) is 6.92 Å². The van der Waals surface area contributed by atoms with Crippen LogP contribution in [0.2, 0.25) is 0 Å². The topological polar surface area (TPSA) is 17.8 Å². The molecule has 0 fully saturated rings. The number of halogens is 1. The molecule has 0 atom stereocenters. The van der Waals surface area contributed by atoms with Crippen LogP contribution < -0.4 is 10.4 Å². The molecule has 9 aromatic rings. The minimum absolute atomic E-state index is 0.873. The van der Waals surface area contributed by atoms with Gasteiger partial charge in [-0.15, -0.1) is 5.73 Å². The number of aryl methyl sites for hydroxylation is 1. The van der Waals surface area contributed by atoms with Gasteiger partial charge in [0.25, 0.3) is 0 Å². The molecule has 0 bridgehead atoms. The molecule has 10 rings (SSSR count). The lowest BCUT2D eigenvalue weighted by atomic mass is 9.84. The molecule has 1 aliphatic rings. The molecule has 8 aromatic carbocycles. The first kappa shape index (κ1) is 33.3. The second-order valence-electron chi connectivity index (χ2n) is 14.2. The Morgan fingerprint density at radius 1 is 0.636 bits per heavy atom. The fourth-order valence-electron chi connectivity index (χ4n) is 8.19. The first-order chi connectivity index (χ1) is 27.1. The Morgan fingerprint density at radius 3 is 2.13 bits per heavy atom. The molecule has 0 aliphatic heterocycles. The van der Waals surface area contributed by atoms with Crippen LogP contribution in [0.3, 0.4) is 0 Å². The van der Waals surface area contributed by atoms with Crippen molar-refractivity contribution in [2.45, 2.75) is 6.92 Å². The summed E-state index contributed by atoms with van der Waals surface area (Å²) in [5.41, 5.74) is 17.9. The first-order valence-corrected chi connectivity index (χ1v) is 20.2. The van der Waals surface area contributed by atoms with Crippen LogP contribution in [0.25, 0.3) is 89.8 Å². The SMILES string of the molecule is Cc1ccccc1/C=C(\CI)c1c2ccccc2c(C2=C=c3ccccc3=C2)c2ccc(-c3ccc(-c4nc5ccccc5n4-c4ccccc4)cc3)cc12. The molecule has 1 heterocycles. The highest BCUT2D eigenvalue weighted by molar-refractivity contribution is 14.1. The number of fused-ring (bicyclic) bond motifs is 4. The van der Waals surface area contributed by atoms with E-state index in [1.165, 1.54) is 60.2 Å². The number of alkyl halides is 1. The van der Waals surface area contributed by atoms with Crippen LogP contribution in [0.1, 0.15) is 22.3 Å². The number of rotatable bonds is 7. The normalized spacial score (nSPS) is 12.5. The van der Waals surface area contributed by atoms with Gasteiger partial charge in [0.2, 0.25) is 0 Å². The molecule has 2 nitrogen and oxygen atoms in total. The lowest BCUT2D eigenvalue weighted by molar-refractivity contribution is 1.10. The first-order valence-electron chi connectivity index (χ1n) is 18.7. The zero-order chi connectivity index (χ0) is 36.9. The molecule has 0 N–H and O–H groups in total. The Balaban J connectivity index is 1.19. The highest BCUT2D eigenvalue weighted by atomic mass is 127. The maximum Gasteiger partial charge on any atom is 0.145 e. The Kier molecular flexibility index (Phi) is 8.40. The second kappa shape index (κ2) is 13.9. The molecule has 0 saturated carbocycles. The minimum atomic E-state index is 0.873. The van der Waals surface area contributed by atoms with Crippen molar-refractivity contribution in [1.29, 1.82) is 0 Å². The maximum atomic E-state index is 5.12. The third kappa shape index (κ3) is 5.84. The predicted molar refractivity (Wildman–Crippen MR) is 242 cm³/mol. The Labute approximate surface area is 333 Å². The minimum Gasteiger partial charge on any atom is -0.292 e. The standard InChI is InChI=1S/C52H35IN2/c1-34-13-5-6-14-37(34)29-42(33-53)51-45-20-10-9-19-44(45)50(41-30-38-15-7-8-16-39(38)31-41)46-28-27-40(32-47(46)51)35-23-25-36(26-24-35)52-54-48-21-11-12-22-49(48)55(52)43-17-3-2-4-18-43/h2-30,32H,33H2,1H3/b42-29+. The van der Waals surface area contributed by atoms with E-state index in [0.29, 0.717) is 0 Å². The molecule has 1 aliphatic carbocycles. The molecule has 0 radical (unpaired) electrons. The van der Waals surface area contributed by atoms with Gasteiger partial charge in [-0.05, 0) is 110 Å². The monoisotopic (exact) mass is 814 g/mol. The Hall–Kier alpha value is -6.26. The zero-order valence-electron chi connectivity index (χ0n) is 30.3. The van der Waals surface area contributed by atoms with Crippen molar-refractivity contribution in [1.82, 2.24) is 9.55 Å². The van der Waals surface area contributed by atoms with E-state index in [1.54, 1.807) is 0 Å². The molecule has 55 heavy (non-hydrogen) atoms. The highest BCUT2D eigenvalue weighted by Crippen LogP contribution is 2.43. The summed E-state index contributed by atoms with van der Waals surface area (Å²) in [7, 11) is 0. The lowest BCUT2D eigenvalue weighted by Gasteiger charge is -2.19. The summed E-state index contributed by atoms with van der Waals surface area (Å²) in [6, 6.07) is 61.0. The maximum absolute atomic E-state index is 5.12. The van der Waals surface area contributed by atoms with Gasteiger partial charge in [-0.2, -0.15) is 0 Å². The van der Waals surface area contributed by atoms with Crippen molar-refractivity contribution in [3.63, 3.8) is 0 Å². The lowest BCUT2D eigenvalue weighted by Crippen LogP contribution is -2.19. The second-order valence-corrected chi connectivity index (χ2v) is 14.9. The van der Waals surface area contributed by atoms with Crippen molar-refractivity contribution in [2.24, 2.45) is 0 Å². The van der Waals surface area contributed by atoms with Crippen LogP contribution in [0.5, 0.6) is 0 Å². The molecule has 0 amide bonds. The molecule has 1 aromatic heterocycles. The van der Waals surface area contributed by atoms with E-state index in [2.05, 4.69) is 222 Å². The summed E-state index contributed by atoms with van der Waals surface area (Å²) >= 11 is 2.55. The van der Waals surface area contributed by atoms with E-state index in [1.807, 2.05) is 0 Å². The van der Waals surface area contributed by atoms with Crippen molar-refractivity contribution in [2.75, 3.05) is 4.43 Å². The largest absolute Gasteiger partial charge is 0.292 e. The predicted octanol–water partition coefficient (Wildman–Crippen LogP) is 12.2. The number of imidazole rings is 1. The molecule has 0 unspecified atom stereocenters. The van der Waals surface area contributed by atoms with Crippen LogP contribution >= 0.6 is 22.6 Å². The average Bonchev–Trinajstić information content (AvgIpc) is 3.85. The van der Waals surface area contributed by atoms with Crippen LogP contribution in [-0.2, 0) is 0 Å². The van der Waals surface area contributed by atoms with Gasteiger partial charge in [0.05, 0.1) is 11.0 Å². The number of para-hydroxylation sites is 3. The quantitative estimate of drug-likeness (QED) is 0.0678. The van der Waals surface area contributed by atoms with E-state index in [9.17, 15) is 0 Å². The number of aromatic nitrogens is 2. The number of nitrogens with zero attached hydrogens (tertiary/aromatic N) is 2. The van der Waals surface area contributed by atoms with Crippen molar-refractivity contribution in [3.05, 3.63) is 203 Å². The van der Waals surface area contributed by atoms with Crippen molar-refractivity contribution in [3.8, 4) is 28.2 Å². The fraction of sp³-hybridized carbons (Fsp3) is 0.0385. The van der Waals surface area contributed by atoms with E-state index in [4.69, 9.17) is 4.98 Å². The summed E-state index contributed by atoms with van der Waals surface area (Å²) in [6.45, 7) is 2.20. The average molecular weight is 815 g/mol. The fourth-order valence-corrected chi connectivity index (χ4v) is 8.79. The third-order valence-electron chi connectivity index (χ3n) is 10.9. The van der Waals surface area contributed by atoms with Gasteiger partial charge in [0.15, 0.2) is 0 Å². The van der Waals surface area contributed by atoms with Gasteiger partial charge in [-0.25, -0.2) is 4.98 Å². The Morgan fingerprint density at radius 2 is 1.31 bits per heavy atom. The summed E-state index contributed by atoms with van der Waals surface area (Å²) in [5, 5.41) is 7.34. The van der Waals surface area contributed by atoms with Crippen LogP contribution in [-0.4, -0.2) is 14.0 Å². The van der Waals surface area contributed by atoms with E-state index in [0.717, 1.165) is 48.9 Å². The highest BCUT2D eigenvalue weighted by Gasteiger charge is 2.20. The van der Waals surface area contributed by atoms with Gasteiger partial charge in [0, 0.05) is 32.0 Å². The smallest absolute Gasteiger partial charge is 0.145 e. The molecular weight excluding hydrogens is 779 g/mol. The van der Waals surface area contributed by atoms with E-state index in [-0.39, 0.29) is 0 Å². The number of benzene rings is 8.